The fraction of sp³-hybridized carbons (Fsp3) is 0.222. The molecule has 4 nitrogen and oxygen atoms in total. The molecule has 0 bridgehead atoms. The topological polar surface area (TPSA) is 55.1 Å². The zero-order valence-electron chi connectivity index (χ0n) is 12.7. The van der Waals surface area contributed by atoms with Gasteiger partial charge in [0, 0.05) is 11.3 Å². The fourth-order valence-corrected chi connectivity index (χ4v) is 2.39. The summed E-state index contributed by atoms with van der Waals surface area (Å²) in [6, 6.07) is 13.6. The molecule has 0 fully saturated rings. The predicted molar refractivity (Wildman–Crippen MR) is 87.8 cm³/mol. The van der Waals surface area contributed by atoms with Gasteiger partial charge in [-0.3, -0.25) is 4.79 Å². The van der Waals surface area contributed by atoms with Crippen LogP contribution in [-0.4, -0.2) is 11.4 Å². The van der Waals surface area contributed by atoms with Crippen molar-refractivity contribution in [1.82, 2.24) is 4.98 Å². The van der Waals surface area contributed by atoms with Crippen molar-refractivity contribution < 1.29 is 9.21 Å². The number of carbonyl (C=O) groups is 1. The van der Waals surface area contributed by atoms with Crippen LogP contribution in [0.4, 0.5) is 5.69 Å². The molecule has 3 aromatic rings. The number of nitrogens with zero attached hydrogens (tertiary/aromatic N) is 1. The highest BCUT2D eigenvalue weighted by molar-refractivity contribution is 5.78. The van der Waals surface area contributed by atoms with Crippen LogP contribution in [0.15, 0.2) is 46.9 Å². The van der Waals surface area contributed by atoms with Crippen LogP contribution in [0.3, 0.4) is 0 Å². The van der Waals surface area contributed by atoms with Gasteiger partial charge in [-0.2, -0.15) is 0 Å². The molecular formula is C18H18N2O2. The summed E-state index contributed by atoms with van der Waals surface area (Å²) in [5, 5.41) is 2.61. The van der Waals surface area contributed by atoms with Crippen LogP contribution < -0.4 is 5.32 Å². The SMILES string of the molecule is CCC(C)c1ccc2oc(-c3ccc(NC=O)cc3)nc2c1. The van der Waals surface area contributed by atoms with Gasteiger partial charge in [-0.25, -0.2) is 4.98 Å². The Balaban J connectivity index is 1.95. The van der Waals surface area contributed by atoms with E-state index in [4.69, 9.17) is 4.42 Å². The van der Waals surface area contributed by atoms with E-state index in [0.29, 0.717) is 18.2 Å². The number of rotatable bonds is 5. The van der Waals surface area contributed by atoms with Crippen molar-refractivity contribution in [2.75, 3.05) is 5.32 Å². The van der Waals surface area contributed by atoms with Gasteiger partial charge in [0.25, 0.3) is 0 Å². The van der Waals surface area contributed by atoms with E-state index >= 15 is 0 Å². The number of oxazole rings is 1. The highest BCUT2D eigenvalue weighted by Crippen LogP contribution is 2.28. The number of aromatic nitrogens is 1. The van der Waals surface area contributed by atoms with E-state index in [2.05, 4.69) is 36.3 Å². The highest BCUT2D eigenvalue weighted by atomic mass is 16.3. The van der Waals surface area contributed by atoms with E-state index in [1.807, 2.05) is 30.3 Å². The Morgan fingerprint density at radius 2 is 2.00 bits per heavy atom. The molecule has 22 heavy (non-hydrogen) atoms. The first-order valence-electron chi connectivity index (χ1n) is 7.42. The van der Waals surface area contributed by atoms with E-state index in [1.54, 1.807) is 0 Å². The molecule has 4 heteroatoms. The zero-order chi connectivity index (χ0) is 15.5. The molecule has 1 aromatic heterocycles. The minimum Gasteiger partial charge on any atom is -0.436 e. The van der Waals surface area contributed by atoms with Gasteiger partial charge in [0.05, 0.1) is 0 Å². The van der Waals surface area contributed by atoms with Gasteiger partial charge in [0.15, 0.2) is 5.58 Å². The van der Waals surface area contributed by atoms with Crippen molar-refractivity contribution in [3.63, 3.8) is 0 Å². The Labute approximate surface area is 129 Å². The normalized spacial score (nSPS) is 12.3. The molecule has 112 valence electrons. The number of anilines is 1. The molecule has 1 amide bonds. The summed E-state index contributed by atoms with van der Waals surface area (Å²) in [5.74, 6) is 1.10. The molecule has 1 atom stereocenters. The number of hydrogen-bond acceptors (Lipinski definition) is 3. The van der Waals surface area contributed by atoms with E-state index in [9.17, 15) is 4.79 Å². The average Bonchev–Trinajstić information content (AvgIpc) is 2.98. The standard InChI is InChI=1S/C18H18N2O2/c1-3-12(2)14-6-9-17-16(10-14)20-18(22-17)13-4-7-15(8-5-13)19-11-21/h4-12H,3H2,1-2H3,(H,19,21). The smallest absolute Gasteiger partial charge is 0.227 e. The largest absolute Gasteiger partial charge is 0.436 e. The predicted octanol–water partition coefficient (Wildman–Crippen LogP) is 4.58. The molecule has 1 unspecified atom stereocenters. The van der Waals surface area contributed by atoms with Gasteiger partial charge in [0.2, 0.25) is 12.3 Å². The van der Waals surface area contributed by atoms with Crippen molar-refractivity contribution in [3.8, 4) is 11.5 Å². The van der Waals surface area contributed by atoms with Gasteiger partial charge in [-0.1, -0.05) is 19.9 Å². The molecule has 1 heterocycles. The molecule has 0 saturated carbocycles. The monoisotopic (exact) mass is 294 g/mol. The maximum atomic E-state index is 10.4. The Morgan fingerprint density at radius 3 is 2.68 bits per heavy atom. The third kappa shape index (κ3) is 2.72. The molecular weight excluding hydrogens is 276 g/mol. The molecule has 0 saturated heterocycles. The molecule has 0 aliphatic carbocycles. The number of nitrogens with one attached hydrogen (secondary N) is 1. The van der Waals surface area contributed by atoms with Gasteiger partial charge in [-0.05, 0) is 54.3 Å². The lowest BCUT2D eigenvalue weighted by Crippen LogP contribution is -1.92. The number of benzene rings is 2. The van der Waals surface area contributed by atoms with Crippen LogP contribution >= 0.6 is 0 Å². The summed E-state index contributed by atoms with van der Waals surface area (Å²) < 4.78 is 5.82. The van der Waals surface area contributed by atoms with Crippen LogP contribution in [0.25, 0.3) is 22.6 Å². The van der Waals surface area contributed by atoms with Crippen molar-refractivity contribution in [3.05, 3.63) is 48.0 Å². The van der Waals surface area contributed by atoms with Crippen molar-refractivity contribution in [1.29, 1.82) is 0 Å². The lowest BCUT2D eigenvalue weighted by atomic mass is 9.98. The van der Waals surface area contributed by atoms with Crippen LogP contribution in [0.5, 0.6) is 0 Å². The summed E-state index contributed by atoms with van der Waals surface area (Å²) in [4.78, 5) is 15.0. The third-order valence-electron chi connectivity index (χ3n) is 3.95. The van der Waals surface area contributed by atoms with Crippen LogP contribution in [0, 0.1) is 0 Å². The van der Waals surface area contributed by atoms with E-state index in [-0.39, 0.29) is 0 Å². The van der Waals surface area contributed by atoms with Crippen molar-refractivity contribution >= 4 is 23.2 Å². The number of hydrogen-bond donors (Lipinski definition) is 1. The van der Waals surface area contributed by atoms with Gasteiger partial charge in [-0.15, -0.1) is 0 Å². The second kappa shape index (κ2) is 6.02. The minimum atomic E-state index is 0.512. The van der Waals surface area contributed by atoms with Crippen LogP contribution in [-0.2, 0) is 4.79 Å². The van der Waals surface area contributed by atoms with Crippen molar-refractivity contribution in [2.45, 2.75) is 26.2 Å². The fourth-order valence-electron chi connectivity index (χ4n) is 2.39. The molecule has 2 aromatic carbocycles. The maximum absolute atomic E-state index is 10.4. The van der Waals surface area contributed by atoms with E-state index < -0.39 is 0 Å². The highest BCUT2D eigenvalue weighted by Gasteiger charge is 2.10. The lowest BCUT2D eigenvalue weighted by Gasteiger charge is -2.07. The summed E-state index contributed by atoms with van der Waals surface area (Å²) in [7, 11) is 0. The Kier molecular flexibility index (Phi) is 3.92. The summed E-state index contributed by atoms with van der Waals surface area (Å²) in [5.41, 5.74) is 4.58. The first-order valence-corrected chi connectivity index (χ1v) is 7.42. The summed E-state index contributed by atoms with van der Waals surface area (Å²) in [6.45, 7) is 4.39. The molecule has 3 rings (SSSR count). The Bertz CT molecular complexity index is 790. The van der Waals surface area contributed by atoms with Gasteiger partial charge >= 0.3 is 0 Å². The van der Waals surface area contributed by atoms with E-state index in [1.165, 1.54) is 5.56 Å². The molecule has 1 N–H and O–H groups in total. The minimum absolute atomic E-state index is 0.512. The first kappa shape index (κ1) is 14.3. The second-order valence-electron chi connectivity index (χ2n) is 5.40. The van der Waals surface area contributed by atoms with E-state index in [0.717, 1.165) is 28.8 Å². The number of fused-ring (bicyclic) bond motifs is 1. The Hall–Kier alpha value is -2.62. The quantitative estimate of drug-likeness (QED) is 0.701. The van der Waals surface area contributed by atoms with Crippen LogP contribution in [0.1, 0.15) is 31.7 Å². The first-order chi connectivity index (χ1) is 10.7. The zero-order valence-corrected chi connectivity index (χ0v) is 12.7. The molecule has 0 aliphatic heterocycles. The maximum Gasteiger partial charge on any atom is 0.227 e. The molecule has 0 aliphatic rings. The second-order valence-corrected chi connectivity index (χ2v) is 5.40. The summed E-state index contributed by atoms with van der Waals surface area (Å²) in [6.07, 6.45) is 1.76. The van der Waals surface area contributed by atoms with Gasteiger partial charge in [0.1, 0.15) is 5.52 Å². The van der Waals surface area contributed by atoms with Crippen molar-refractivity contribution in [2.24, 2.45) is 0 Å². The third-order valence-corrected chi connectivity index (χ3v) is 3.95. The lowest BCUT2D eigenvalue weighted by molar-refractivity contribution is -0.105. The van der Waals surface area contributed by atoms with Gasteiger partial charge < -0.3 is 9.73 Å². The molecule has 0 radical (unpaired) electrons. The average molecular weight is 294 g/mol. The summed E-state index contributed by atoms with van der Waals surface area (Å²) >= 11 is 0. The Morgan fingerprint density at radius 1 is 1.23 bits per heavy atom. The number of carbonyl (C=O) groups excluding carboxylic acids is 1. The van der Waals surface area contributed by atoms with Crippen LogP contribution in [0.2, 0.25) is 0 Å². The number of amides is 1. The molecule has 0 spiro atoms.